The maximum atomic E-state index is 5.97. The zero-order valence-electron chi connectivity index (χ0n) is 11.8. The predicted octanol–water partition coefficient (Wildman–Crippen LogP) is 4.02. The zero-order valence-corrected chi connectivity index (χ0v) is 13.4. The first-order valence-electron chi connectivity index (χ1n) is 6.69. The molecule has 0 saturated heterocycles. The summed E-state index contributed by atoms with van der Waals surface area (Å²) in [5.41, 5.74) is 1.73. The quantitative estimate of drug-likeness (QED) is 0.774. The minimum atomic E-state index is 0.490. The van der Waals surface area contributed by atoms with Crippen LogP contribution in [0.25, 0.3) is 5.65 Å². The Morgan fingerprint density at radius 1 is 1.38 bits per heavy atom. The van der Waals surface area contributed by atoms with Crippen LogP contribution in [0.5, 0.6) is 11.6 Å². The minimum Gasteiger partial charge on any atom is -0.436 e. The van der Waals surface area contributed by atoms with Gasteiger partial charge in [0.1, 0.15) is 11.6 Å². The number of aromatic nitrogens is 3. The highest BCUT2D eigenvalue weighted by molar-refractivity contribution is 9.10. The van der Waals surface area contributed by atoms with Crippen molar-refractivity contribution in [3.8, 4) is 11.6 Å². The van der Waals surface area contributed by atoms with Crippen molar-refractivity contribution in [3.63, 3.8) is 0 Å². The van der Waals surface area contributed by atoms with Crippen LogP contribution in [-0.4, -0.2) is 20.9 Å². The fourth-order valence-electron chi connectivity index (χ4n) is 2.07. The van der Waals surface area contributed by atoms with Gasteiger partial charge < -0.3 is 10.1 Å². The molecule has 0 bridgehead atoms. The molecule has 2 aromatic heterocycles. The monoisotopic (exact) mass is 346 g/mol. The summed E-state index contributed by atoms with van der Waals surface area (Å²) in [5.74, 6) is 2.01. The van der Waals surface area contributed by atoms with E-state index in [-0.39, 0.29) is 0 Å². The van der Waals surface area contributed by atoms with Crippen molar-refractivity contribution < 1.29 is 4.74 Å². The summed E-state index contributed by atoms with van der Waals surface area (Å²) in [7, 11) is 0. The van der Waals surface area contributed by atoms with E-state index in [1.807, 2.05) is 48.8 Å². The molecule has 6 heteroatoms. The first-order valence-corrected chi connectivity index (χ1v) is 7.48. The Hall–Kier alpha value is -2.08. The third-order valence-electron chi connectivity index (χ3n) is 3.04. The van der Waals surface area contributed by atoms with Crippen LogP contribution < -0.4 is 10.1 Å². The Balaban J connectivity index is 2.04. The number of rotatable bonds is 4. The normalized spacial score (nSPS) is 10.8. The molecule has 3 aromatic rings. The number of nitrogens with zero attached hydrogens (tertiary/aromatic N) is 3. The summed E-state index contributed by atoms with van der Waals surface area (Å²) in [5, 5.41) is 3.19. The number of ether oxygens (including phenoxy) is 1. The molecule has 0 aliphatic rings. The Bertz CT molecular complexity index is 784. The molecule has 3 rings (SSSR count). The smallest absolute Gasteiger partial charge is 0.265 e. The molecule has 0 aliphatic heterocycles. The second-order valence-corrected chi connectivity index (χ2v) is 5.55. The van der Waals surface area contributed by atoms with Gasteiger partial charge in [-0.15, -0.1) is 0 Å². The van der Waals surface area contributed by atoms with Crippen molar-refractivity contribution in [2.24, 2.45) is 0 Å². The number of fused-ring (bicyclic) bond motifs is 1. The summed E-state index contributed by atoms with van der Waals surface area (Å²) in [6.45, 7) is 4.82. The van der Waals surface area contributed by atoms with Crippen LogP contribution in [0.3, 0.4) is 0 Å². The molecule has 1 N–H and O–H groups in total. The van der Waals surface area contributed by atoms with Gasteiger partial charge in [-0.05, 0) is 37.6 Å². The molecule has 21 heavy (non-hydrogen) atoms. The molecule has 0 amide bonds. The van der Waals surface area contributed by atoms with Gasteiger partial charge in [0.05, 0.1) is 6.20 Å². The second kappa shape index (κ2) is 5.73. The van der Waals surface area contributed by atoms with Crippen LogP contribution in [0, 0.1) is 6.92 Å². The molecule has 0 atom stereocenters. The minimum absolute atomic E-state index is 0.490. The van der Waals surface area contributed by atoms with Gasteiger partial charge in [0.25, 0.3) is 5.88 Å². The molecule has 0 unspecified atom stereocenters. The van der Waals surface area contributed by atoms with Crippen molar-refractivity contribution >= 4 is 27.4 Å². The van der Waals surface area contributed by atoms with Gasteiger partial charge in [0.2, 0.25) is 5.65 Å². The number of halogens is 1. The van der Waals surface area contributed by atoms with E-state index in [2.05, 4.69) is 31.2 Å². The predicted molar refractivity (Wildman–Crippen MR) is 86.1 cm³/mol. The third kappa shape index (κ3) is 2.85. The maximum absolute atomic E-state index is 5.97. The van der Waals surface area contributed by atoms with Gasteiger partial charge in [-0.1, -0.05) is 15.9 Å². The van der Waals surface area contributed by atoms with E-state index in [9.17, 15) is 0 Å². The van der Waals surface area contributed by atoms with Crippen LogP contribution in [-0.2, 0) is 0 Å². The lowest BCUT2D eigenvalue weighted by Crippen LogP contribution is -2.03. The van der Waals surface area contributed by atoms with Gasteiger partial charge in [0, 0.05) is 23.4 Å². The standard InChI is InChI=1S/C15H15BrN4O/c1-3-17-13-9-20-7-6-18-14(20)15(19-13)21-12-5-4-11(16)8-10(12)2/h4-9,17H,3H2,1-2H3. The Labute approximate surface area is 131 Å². The van der Waals surface area contributed by atoms with Crippen molar-refractivity contribution in [1.82, 2.24) is 14.4 Å². The van der Waals surface area contributed by atoms with E-state index >= 15 is 0 Å². The zero-order chi connectivity index (χ0) is 14.8. The van der Waals surface area contributed by atoms with Gasteiger partial charge in [-0.3, -0.25) is 4.40 Å². The van der Waals surface area contributed by atoms with Crippen LogP contribution >= 0.6 is 15.9 Å². The summed E-state index contributed by atoms with van der Waals surface area (Å²) in [6.07, 6.45) is 5.50. The third-order valence-corrected chi connectivity index (χ3v) is 3.54. The largest absolute Gasteiger partial charge is 0.436 e. The van der Waals surface area contributed by atoms with E-state index in [0.29, 0.717) is 11.5 Å². The molecule has 0 radical (unpaired) electrons. The number of hydrogen-bond acceptors (Lipinski definition) is 4. The number of imidazole rings is 1. The molecule has 108 valence electrons. The van der Waals surface area contributed by atoms with Crippen molar-refractivity contribution in [3.05, 3.63) is 46.8 Å². The fraction of sp³-hybridized carbons (Fsp3) is 0.200. The average Bonchev–Trinajstić information content (AvgIpc) is 2.91. The molecule has 0 saturated carbocycles. The highest BCUT2D eigenvalue weighted by Gasteiger charge is 2.11. The average molecular weight is 347 g/mol. The molecular weight excluding hydrogens is 332 g/mol. The van der Waals surface area contributed by atoms with Crippen LogP contribution in [0.2, 0.25) is 0 Å². The summed E-state index contributed by atoms with van der Waals surface area (Å²) in [6, 6.07) is 5.87. The highest BCUT2D eigenvalue weighted by atomic mass is 79.9. The van der Waals surface area contributed by atoms with Crippen molar-refractivity contribution in [2.45, 2.75) is 13.8 Å². The maximum Gasteiger partial charge on any atom is 0.265 e. The Morgan fingerprint density at radius 2 is 2.24 bits per heavy atom. The first kappa shape index (κ1) is 13.9. The van der Waals surface area contributed by atoms with Gasteiger partial charge in [0.15, 0.2) is 0 Å². The summed E-state index contributed by atoms with van der Waals surface area (Å²) >= 11 is 3.45. The molecule has 0 spiro atoms. The van der Waals surface area contributed by atoms with Crippen molar-refractivity contribution in [1.29, 1.82) is 0 Å². The van der Waals surface area contributed by atoms with Crippen LogP contribution in [0.15, 0.2) is 41.3 Å². The lowest BCUT2D eigenvalue weighted by molar-refractivity contribution is 0.462. The SMILES string of the molecule is CCNc1cn2ccnc2c(Oc2ccc(Br)cc2C)n1. The van der Waals surface area contributed by atoms with Crippen LogP contribution in [0.4, 0.5) is 5.82 Å². The second-order valence-electron chi connectivity index (χ2n) is 4.63. The van der Waals surface area contributed by atoms with E-state index < -0.39 is 0 Å². The van der Waals surface area contributed by atoms with Gasteiger partial charge >= 0.3 is 0 Å². The van der Waals surface area contributed by atoms with Crippen molar-refractivity contribution in [2.75, 3.05) is 11.9 Å². The summed E-state index contributed by atoms with van der Waals surface area (Å²) in [4.78, 5) is 8.79. The van der Waals surface area contributed by atoms with Crippen LogP contribution in [0.1, 0.15) is 12.5 Å². The molecule has 2 heterocycles. The molecule has 1 aromatic carbocycles. The van der Waals surface area contributed by atoms with E-state index in [1.54, 1.807) is 6.20 Å². The number of benzene rings is 1. The Kier molecular flexibility index (Phi) is 3.79. The van der Waals surface area contributed by atoms with E-state index in [4.69, 9.17) is 4.74 Å². The molecule has 0 aliphatic carbocycles. The van der Waals surface area contributed by atoms with Gasteiger partial charge in [-0.25, -0.2) is 4.98 Å². The number of aryl methyl sites for hydroxylation is 1. The highest BCUT2D eigenvalue weighted by Crippen LogP contribution is 2.29. The molecule has 0 fully saturated rings. The summed E-state index contributed by atoms with van der Waals surface area (Å²) < 4.78 is 8.89. The van der Waals surface area contributed by atoms with E-state index in [0.717, 1.165) is 28.1 Å². The molecular formula is C15H15BrN4O. The Morgan fingerprint density at radius 3 is 3.00 bits per heavy atom. The number of anilines is 1. The number of nitrogens with one attached hydrogen (secondary N) is 1. The first-order chi connectivity index (χ1) is 10.2. The van der Waals surface area contributed by atoms with E-state index in [1.165, 1.54) is 0 Å². The lowest BCUT2D eigenvalue weighted by Gasteiger charge is -2.11. The molecule has 5 nitrogen and oxygen atoms in total. The fourth-order valence-corrected chi connectivity index (χ4v) is 2.54. The number of hydrogen-bond donors (Lipinski definition) is 1. The topological polar surface area (TPSA) is 51.5 Å². The lowest BCUT2D eigenvalue weighted by atomic mass is 10.2. The van der Waals surface area contributed by atoms with Gasteiger partial charge in [-0.2, -0.15) is 4.98 Å².